The van der Waals surface area contributed by atoms with Crippen LogP contribution in [0.4, 0.5) is 0 Å². The van der Waals surface area contributed by atoms with Gasteiger partial charge >= 0.3 is 0 Å². The summed E-state index contributed by atoms with van der Waals surface area (Å²) in [6.45, 7) is 5.39. The average Bonchev–Trinajstić information content (AvgIpc) is 2.33. The SMILES string of the molecule is COC(C)(C)CCOc1ccc(Br)c(CCN)c1. The molecule has 3 nitrogen and oxygen atoms in total. The molecule has 1 rings (SSSR count). The Labute approximate surface area is 118 Å². The van der Waals surface area contributed by atoms with Crippen molar-refractivity contribution in [3.8, 4) is 5.75 Å². The molecular formula is C14H22BrNO2. The minimum atomic E-state index is -0.143. The van der Waals surface area contributed by atoms with Gasteiger partial charge in [-0.05, 0) is 50.6 Å². The second kappa shape index (κ2) is 7.12. The molecule has 0 heterocycles. The van der Waals surface area contributed by atoms with Gasteiger partial charge in [-0.25, -0.2) is 0 Å². The van der Waals surface area contributed by atoms with Crippen LogP contribution in [0.3, 0.4) is 0 Å². The number of rotatable bonds is 7. The van der Waals surface area contributed by atoms with E-state index in [9.17, 15) is 0 Å². The van der Waals surface area contributed by atoms with Gasteiger partial charge in [0.2, 0.25) is 0 Å². The van der Waals surface area contributed by atoms with Crippen molar-refractivity contribution in [3.05, 3.63) is 28.2 Å². The van der Waals surface area contributed by atoms with Crippen LogP contribution in [0.15, 0.2) is 22.7 Å². The Bertz CT molecular complexity index is 380. The van der Waals surface area contributed by atoms with Crippen molar-refractivity contribution in [2.75, 3.05) is 20.3 Å². The van der Waals surface area contributed by atoms with Gasteiger partial charge in [-0.1, -0.05) is 15.9 Å². The maximum atomic E-state index is 5.74. The molecule has 0 amide bonds. The van der Waals surface area contributed by atoms with E-state index < -0.39 is 0 Å². The minimum Gasteiger partial charge on any atom is -0.493 e. The summed E-state index contributed by atoms with van der Waals surface area (Å²) in [4.78, 5) is 0. The lowest BCUT2D eigenvalue weighted by Crippen LogP contribution is -2.25. The molecule has 0 atom stereocenters. The van der Waals surface area contributed by atoms with Crippen LogP contribution in [0, 0.1) is 0 Å². The van der Waals surface area contributed by atoms with Crippen molar-refractivity contribution in [3.63, 3.8) is 0 Å². The number of ether oxygens (including phenoxy) is 2. The van der Waals surface area contributed by atoms with Crippen molar-refractivity contribution in [2.45, 2.75) is 32.3 Å². The van der Waals surface area contributed by atoms with Gasteiger partial charge in [-0.2, -0.15) is 0 Å². The smallest absolute Gasteiger partial charge is 0.119 e. The highest BCUT2D eigenvalue weighted by atomic mass is 79.9. The van der Waals surface area contributed by atoms with Crippen LogP contribution in [0.1, 0.15) is 25.8 Å². The lowest BCUT2D eigenvalue weighted by molar-refractivity contribution is 0.00545. The predicted molar refractivity (Wildman–Crippen MR) is 78.1 cm³/mol. The molecule has 0 spiro atoms. The molecule has 0 radical (unpaired) electrons. The Morgan fingerprint density at radius 3 is 2.67 bits per heavy atom. The Kier molecular flexibility index (Phi) is 6.12. The normalized spacial score (nSPS) is 11.6. The van der Waals surface area contributed by atoms with E-state index in [4.69, 9.17) is 15.2 Å². The summed E-state index contributed by atoms with van der Waals surface area (Å²) in [5.41, 5.74) is 6.61. The molecule has 0 fully saturated rings. The molecule has 18 heavy (non-hydrogen) atoms. The van der Waals surface area contributed by atoms with Crippen LogP contribution < -0.4 is 10.5 Å². The molecule has 0 saturated carbocycles. The zero-order valence-corrected chi connectivity index (χ0v) is 12.9. The molecule has 0 aromatic heterocycles. The van der Waals surface area contributed by atoms with Gasteiger partial charge in [-0.15, -0.1) is 0 Å². The second-order valence-corrected chi connectivity index (χ2v) is 5.71. The van der Waals surface area contributed by atoms with Crippen LogP contribution >= 0.6 is 15.9 Å². The maximum absolute atomic E-state index is 5.74. The first-order valence-corrected chi connectivity index (χ1v) is 6.94. The minimum absolute atomic E-state index is 0.143. The molecule has 0 unspecified atom stereocenters. The fraction of sp³-hybridized carbons (Fsp3) is 0.571. The fourth-order valence-electron chi connectivity index (χ4n) is 1.50. The number of nitrogens with two attached hydrogens (primary N) is 1. The molecule has 0 aliphatic carbocycles. The van der Waals surface area contributed by atoms with Gasteiger partial charge in [0.1, 0.15) is 5.75 Å². The predicted octanol–water partition coefficient (Wildman–Crippen LogP) is 3.14. The molecule has 1 aromatic carbocycles. The summed E-state index contributed by atoms with van der Waals surface area (Å²) in [6, 6.07) is 6.00. The molecule has 2 N–H and O–H groups in total. The Morgan fingerprint density at radius 1 is 1.33 bits per heavy atom. The first-order chi connectivity index (χ1) is 8.48. The van der Waals surface area contributed by atoms with Crippen molar-refractivity contribution >= 4 is 15.9 Å². The summed E-state index contributed by atoms with van der Waals surface area (Å²) >= 11 is 3.51. The lowest BCUT2D eigenvalue weighted by Gasteiger charge is -2.22. The third-order valence-corrected chi connectivity index (χ3v) is 3.73. The maximum Gasteiger partial charge on any atom is 0.119 e. The first kappa shape index (κ1) is 15.5. The Hall–Kier alpha value is -0.580. The van der Waals surface area contributed by atoms with E-state index in [-0.39, 0.29) is 5.60 Å². The topological polar surface area (TPSA) is 44.5 Å². The second-order valence-electron chi connectivity index (χ2n) is 4.85. The summed E-state index contributed by atoms with van der Waals surface area (Å²) < 4.78 is 12.2. The van der Waals surface area contributed by atoms with Crippen LogP contribution in [0.25, 0.3) is 0 Å². The first-order valence-electron chi connectivity index (χ1n) is 6.15. The van der Waals surface area contributed by atoms with Gasteiger partial charge in [0, 0.05) is 18.0 Å². The number of benzene rings is 1. The molecule has 1 aromatic rings. The summed E-state index contributed by atoms with van der Waals surface area (Å²) in [5.74, 6) is 0.883. The monoisotopic (exact) mass is 315 g/mol. The van der Waals surface area contributed by atoms with E-state index in [1.165, 1.54) is 5.56 Å². The summed E-state index contributed by atoms with van der Waals surface area (Å²) in [7, 11) is 1.72. The van der Waals surface area contributed by atoms with Gasteiger partial charge < -0.3 is 15.2 Å². The van der Waals surface area contributed by atoms with E-state index in [1.54, 1.807) is 7.11 Å². The summed E-state index contributed by atoms with van der Waals surface area (Å²) in [5, 5.41) is 0. The van der Waals surface area contributed by atoms with E-state index >= 15 is 0 Å². The van der Waals surface area contributed by atoms with Gasteiger partial charge in [-0.3, -0.25) is 0 Å². The average molecular weight is 316 g/mol. The van der Waals surface area contributed by atoms with Crippen LogP contribution in [0.2, 0.25) is 0 Å². The van der Waals surface area contributed by atoms with Crippen molar-refractivity contribution in [1.82, 2.24) is 0 Å². The zero-order chi connectivity index (χ0) is 13.6. The van der Waals surface area contributed by atoms with Crippen molar-refractivity contribution in [1.29, 1.82) is 0 Å². The van der Waals surface area contributed by atoms with Gasteiger partial charge in [0.15, 0.2) is 0 Å². The van der Waals surface area contributed by atoms with Crippen LogP contribution in [0.5, 0.6) is 5.75 Å². The Balaban J connectivity index is 2.55. The fourth-order valence-corrected chi connectivity index (χ4v) is 1.95. The third kappa shape index (κ3) is 4.96. The van der Waals surface area contributed by atoms with Gasteiger partial charge in [0.25, 0.3) is 0 Å². The van der Waals surface area contributed by atoms with E-state index in [1.807, 2.05) is 18.2 Å². The molecule has 4 heteroatoms. The molecule has 0 saturated heterocycles. The van der Waals surface area contributed by atoms with E-state index in [0.29, 0.717) is 13.2 Å². The van der Waals surface area contributed by atoms with E-state index in [0.717, 1.165) is 23.1 Å². The largest absolute Gasteiger partial charge is 0.493 e. The molecular weight excluding hydrogens is 294 g/mol. The lowest BCUT2D eigenvalue weighted by atomic mass is 10.1. The molecule has 102 valence electrons. The standard InChI is InChI=1S/C14H22BrNO2/c1-14(2,17-3)7-9-18-12-4-5-13(15)11(10-12)6-8-16/h4-5,10H,6-9,16H2,1-3H3. The van der Waals surface area contributed by atoms with E-state index in [2.05, 4.69) is 29.8 Å². The van der Waals surface area contributed by atoms with Crippen LogP contribution in [-0.4, -0.2) is 25.9 Å². The molecule has 0 aliphatic rings. The van der Waals surface area contributed by atoms with Crippen LogP contribution in [-0.2, 0) is 11.2 Å². The number of halogens is 1. The number of methoxy groups -OCH3 is 1. The van der Waals surface area contributed by atoms with Crippen molar-refractivity contribution in [2.24, 2.45) is 5.73 Å². The zero-order valence-electron chi connectivity index (χ0n) is 11.3. The van der Waals surface area contributed by atoms with Gasteiger partial charge in [0.05, 0.1) is 12.2 Å². The summed E-state index contributed by atoms with van der Waals surface area (Å²) in [6.07, 6.45) is 1.70. The third-order valence-electron chi connectivity index (χ3n) is 2.96. The molecule has 0 aliphatic heterocycles. The highest BCUT2D eigenvalue weighted by molar-refractivity contribution is 9.10. The number of hydrogen-bond donors (Lipinski definition) is 1. The molecule has 0 bridgehead atoms. The quantitative estimate of drug-likeness (QED) is 0.840. The Morgan fingerprint density at radius 2 is 2.06 bits per heavy atom. The van der Waals surface area contributed by atoms with Crippen molar-refractivity contribution < 1.29 is 9.47 Å². The number of hydrogen-bond acceptors (Lipinski definition) is 3. The highest BCUT2D eigenvalue weighted by Gasteiger charge is 2.16. The highest BCUT2D eigenvalue weighted by Crippen LogP contribution is 2.23.